The predicted octanol–water partition coefficient (Wildman–Crippen LogP) is 0.606. The van der Waals surface area contributed by atoms with Crippen LogP contribution in [0, 0.1) is 0 Å². The Morgan fingerprint density at radius 1 is 1.15 bits per heavy atom. The third-order valence-corrected chi connectivity index (χ3v) is 1.56. The predicted molar refractivity (Wildman–Crippen MR) is 46.0 cm³/mol. The summed E-state index contributed by atoms with van der Waals surface area (Å²) in [5.74, 6) is 1.79. The number of hydrogen-bond acceptors (Lipinski definition) is 3. The highest BCUT2D eigenvalue weighted by molar-refractivity contribution is 6.20. The Morgan fingerprint density at radius 2 is 1.69 bits per heavy atom. The van der Waals surface area contributed by atoms with Crippen LogP contribution in [0.3, 0.4) is 0 Å². The normalized spacial score (nSPS) is 8.38. The van der Waals surface area contributed by atoms with Crippen molar-refractivity contribution in [2.24, 2.45) is 0 Å². The van der Waals surface area contributed by atoms with Gasteiger partial charge in [0, 0.05) is 17.6 Å². The Balaban J connectivity index is 4.40. The molecule has 0 atom stereocenters. The van der Waals surface area contributed by atoms with Crippen molar-refractivity contribution >= 4 is 29.5 Å². The van der Waals surface area contributed by atoms with E-state index in [9.17, 15) is 14.4 Å². The maximum Gasteiger partial charge on any atom is 0.308 e. The molecule has 0 heterocycles. The molecule has 0 aliphatic heterocycles. The Kier molecular flexibility index (Phi) is 5.57. The lowest BCUT2D eigenvalue weighted by Gasteiger charge is -1.97. The molecule has 0 aliphatic carbocycles. The van der Waals surface area contributed by atoms with E-state index >= 15 is 0 Å². The minimum absolute atomic E-state index is 0.00787. The van der Waals surface area contributed by atoms with E-state index in [0.29, 0.717) is 0 Å². The lowest BCUT2D eigenvalue weighted by molar-refractivity contribution is -0.136. The summed E-state index contributed by atoms with van der Waals surface area (Å²) in [6.45, 7) is 0. The molecule has 13 heavy (non-hydrogen) atoms. The van der Waals surface area contributed by atoms with E-state index < -0.39 is 12.4 Å². The number of alkyl halides is 1. The number of aliphatic carboxylic acids is 1. The molecule has 0 aromatic carbocycles. The van der Waals surface area contributed by atoms with Gasteiger partial charge in [0.05, 0.1) is 12.3 Å². The van der Waals surface area contributed by atoms with Crippen LogP contribution >= 0.6 is 11.6 Å². The number of halogens is 1. The third kappa shape index (κ3) is 4.99. The summed E-state index contributed by atoms with van der Waals surface area (Å²) in [4.78, 5) is 30.5. The van der Waals surface area contributed by atoms with Gasteiger partial charge in [-0.3, -0.25) is 4.79 Å². The van der Waals surface area contributed by atoms with Crippen LogP contribution in [-0.2, 0) is 14.4 Å². The van der Waals surface area contributed by atoms with Gasteiger partial charge in [-0.1, -0.05) is 0 Å². The molecule has 0 bridgehead atoms. The van der Waals surface area contributed by atoms with Crippen LogP contribution in [0.2, 0.25) is 0 Å². The Bertz CT molecular complexity index is 295. The van der Waals surface area contributed by atoms with Gasteiger partial charge >= 0.3 is 5.97 Å². The van der Waals surface area contributed by atoms with Gasteiger partial charge in [-0.15, -0.1) is 11.6 Å². The molecule has 1 N–H and O–H groups in total. The summed E-state index contributed by atoms with van der Waals surface area (Å²) >= 11 is 5.32. The fourth-order valence-electron chi connectivity index (χ4n) is 0.685. The second-order valence-corrected chi connectivity index (χ2v) is 2.56. The number of rotatable bonds is 5. The Morgan fingerprint density at radius 3 is 2.00 bits per heavy atom. The molecule has 0 spiro atoms. The molecule has 5 heteroatoms. The first-order valence-electron chi connectivity index (χ1n) is 3.37. The minimum atomic E-state index is -1.14. The largest absolute Gasteiger partial charge is 0.481 e. The van der Waals surface area contributed by atoms with Crippen LogP contribution in [0.5, 0.6) is 0 Å². The molecule has 0 fully saturated rings. The van der Waals surface area contributed by atoms with Crippen molar-refractivity contribution in [2.45, 2.75) is 12.8 Å². The highest BCUT2D eigenvalue weighted by Gasteiger charge is 2.08. The van der Waals surface area contributed by atoms with E-state index in [1.165, 1.54) is 11.9 Å². The smallest absolute Gasteiger partial charge is 0.308 e. The monoisotopic (exact) mass is 202 g/mol. The van der Waals surface area contributed by atoms with Crippen molar-refractivity contribution in [3.63, 3.8) is 0 Å². The number of carboxylic acid groups (broad SMARTS) is 1. The first-order valence-corrected chi connectivity index (χ1v) is 3.91. The zero-order valence-electron chi connectivity index (χ0n) is 6.67. The fourth-order valence-corrected chi connectivity index (χ4v) is 0.834. The lowest BCUT2D eigenvalue weighted by atomic mass is 10.1. The van der Waals surface area contributed by atoms with Crippen LogP contribution in [0.4, 0.5) is 0 Å². The molecule has 0 aromatic rings. The van der Waals surface area contributed by atoms with Crippen molar-refractivity contribution in [2.75, 3.05) is 5.88 Å². The number of hydrogen-bond donors (Lipinski definition) is 1. The molecule has 0 aromatic heterocycles. The molecule has 0 amide bonds. The topological polar surface area (TPSA) is 71.4 Å². The second kappa shape index (κ2) is 6.21. The molecule has 70 valence electrons. The number of carboxylic acids is 1. The van der Waals surface area contributed by atoms with E-state index in [4.69, 9.17) is 16.7 Å². The Hall–Kier alpha value is -1.34. The average molecular weight is 203 g/mol. The summed E-state index contributed by atoms with van der Waals surface area (Å²) in [6, 6.07) is 0. The first kappa shape index (κ1) is 11.7. The lowest BCUT2D eigenvalue weighted by Crippen LogP contribution is -2.00. The van der Waals surface area contributed by atoms with Gasteiger partial charge in [-0.25, -0.2) is 9.59 Å². The van der Waals surface area contributed by atoms with E-state index in [2.05, 4.69) is 0 Å². The number of carbonyl (C=O) groups is 1. The fraction of sp³-hybridized carbons (Fsp3) is 0.375. The van der Waals surface area contributed by atoms with Crippen LogP contribution in [0.25, 0.3) is 0 Å². The van der Waals surface area contributed by atoms with Gasteiger partial charge in [0.25, 0.3) is 0 Å². The number of carbonyl (C=O) groups excluding carboxylic acids is 2. The van der Waals surface area contributed by atoms with Gasteiger partial charge in [-0.05, 0) is 0 Å². The molecule has 0 saturated carbocycles. The van der Waals surface area contributed by atoms with Gasteiger partial charge in [0.1, 0.15) is 11.9 Å². The molecular weight excluding hydrogens is 196 g/mol. The summed E-state index contributed by atoms with van der Waals surface area (Å²) in [5.41, 5.74) is 0.146. The highest BCUT2D eigenvalue weighted by atomic mass is 35.5. The molecule has 0 aliphatic rings. The molecular formula is C8H7ClO4. The average Bonchev–Trinajstić information content (AvgIpc) is 2.11. The van der Waals surface area contributed by atoms with E-state index in [-0.39, 0.29) is 23.4 Å². The molecule has 4 nitrogen and oxygen atoms in total. The molecule has 0 unspecified atom stereocenters. The molecule has 0 rings (SSSR count). The van der Waals surface area contributed by atoms with E-state index in [1.807, 2.05) is 0 Å². The van der Waals surface area contributed by atoms with Crippen molar-refractivity contribution in [1.29, 1.82) is 0 Å². The van der Waals surface area contributed by atoms with Gasteiger partial charge < -0.3 is 5.11 Å². The summed E-state index contributed by atoms with van der Waals surface area (Å²) in [7, 11) is 0. The summed E-state index contributed by atoms with van der Waals surface area (Å²) in [5, 5.41) is 8.33. The van der Waals surface area contributed by atoms with Crippen LogP contribution in [0.1, 0.15) is 12.8 Å². The third-order valence-electron chi connectivity index (χ3n) is 1.24. The maximum atomic E-state index is 10.2. The van der Waals surface area contributed by atoms with Gasteiger partial charge in [-0.2, -0.15) is 0 Å². The molecule has 0 radical (unpaired) electrons. The van der Waals surface area contributed by atoms with Crippen molar-refractivity contribution in [3.8, 4) is 0 Å². The van der Waals surface area contributed by atoms with Crippen LogP contribution in [0.15, 0.2) is 11.1 Å². The van der Waals surface area contributed by atoms with E-state index in [0.717, 1.165) is 0 Å². The summed E-state index contributed by atoms with van der Waals surface area (Å²) in [6.07, 6.45) is -0.492. The quantitative estimate of drug-likeness (QED) is 0.524. The van der Waals surface area contributed by atoms with Gasteiger partial charge in [0.15, 0.2) is 0 Å². The first-order chi connectivity index (χ1) is 6.13. The van der Waals surface area contributed by atoms with Crippen molar-refractivity contribution < 1.29 is 19.5 Å². The zero-order valence-corrected chi connectivity index (χ0v) is 7.43. The van der Waals surface area contributed by atoms with Crippen molar-refractivity contribution in [3.05, 3.63) is 11.1 Å². The minimum Gasteiger partial charge on any atom is -0.481 e. The highest BCUT2D eigenvalue weighted by Crippen LogP contribution is 2.10. The van der Waals surface area contributed by atoms with Crippen molar-refractivity contribution in [1.82, 2.24) is 0 Å². The van der Waals surface area contributed by atoms with Gasteiger partial charge in [0.2, 0.25) is 0 Å². The number of allylic oxidation sites excluding steroid dienone is 1. The molecule has 0 saturated heterocycles. The van der Waals surface area contributed by atoms with E-state index in [1.54, 1.807) is 0 Å². The second-order valence-electron chi connectivity index (χ2n) is 2.29. The standard InChI is InChI=1S/C8H7ClO4/c9-3-7(5-11)1-6(4-10)2-8(12)13/h1-3H2,(H,12,13). The Labute approximate surface area is 79.5 Å². The summed E-state index contributed by atoms with van der Waals surface area (Å²) < 4.78 is 0. The van der Waals surface area contributed by atoms with Crippen LogP contribution < -0.4 is 0 Å². The van der Waals surface area contributed by atoms with Crippen LogP contribution in [-0.4, -0.2) is 28.8 Å². The zero-order chi connectivity index (χ0) is 10.3. The maximum absolute atomic E-state index is 10.2. The SMILES string of the molecule is O=C=C(CCl)CC(=C=O)CC(=O)O.